The smallest absolute Gasteiger partial charge is 0.234 e. The van der Waals surface area contributed by atoms with Crippen molar-refractivity contribution in [3.8, 4) is 0 Å². The van der Waals surface area contributed by atoms with Crippen LogP contribution in [-0.4, -0.2) is 21.6 Å². The maximum Gasteiger partial charge on any atom is 0.234 e. The summed E-state index contributed by atoms with van der Waals surface area (Å²) < 4.78 is 12.9. The number of anilines is 1. The molecule has 0 atom stereocenters. The Morgan fingerprint density at radius 1 is 1.24 bits per heavy atom. The number of aromatic amines is 1. The molecule has 0 bridgehead atoms. The summed E-state index contributed by atoms with van der Waals surface area (Å²) in [7, 11) is 0. The molecule has 1 aromatic heterocycles. The standard InChI is InChI=1S/C19H18FN3OS/c20-13-4-7-15(8-5-13)25-11-18(24)21-14-6-9-16-17(10-14)23-19(22-16)12-2-1-3-12/h4-10,12H,1-3,11H2,(H,21,24)(H,22,23). The molecule has 1 amide bonds. The Balaban J connectivity index is 1.39. The summed E-state index contributed by atoms with van der Waals surface area (Å²) in [6.07, 6.45) is 3.67. The quantitative estimate of drug-likeness (QED) is 0.652. The molecule has 0 saturated heterocycles. The van der Waals surface area contributed by atoms with Gasteiger partial charge >= 0.3 is 0 Å². The molecule has 1 heterocycles. The summed E-state index contributed by atoms with van der Waals surface area (Å²) in [5, 5.41) is 2.90. The van der Waals surface area contributed by atoms with Crippen molar-refractivity contribution < 1.29 is 9.18 Å². The molecule has 0 aliphatic heterocycles. The number of amides is 1. The molecular weight excluding hydrogens is 337 g/mol. The first-order valence-corrected chi connectivity index (χ1v) is 9.34. The van der Waals surface area contributed by atoms with Gasteiger partial charge in [-0.2, -0.15) is 0 Å². The van der Waals surface area contributed by atoms with Gasteiger partial charge in [0, 0.05) is 16.5 Å². The predicted molar refractivity (Wildman–Crippen MR) is 98.4 cm³/mol. The number of nitrogens with one attached hydrogen (secondary N) is 2. The number of aromatic nitrogens is 2. The average Bonchev–Trinajstić information content (AvgIpc) is 2.95. The molecule has 128 valence electrons. The summed E-state index contributed by atoms with van der Waals surface area (Å²) in [6, 6.07) is 11.9. The molecule has 1 aliphatic carbocycles. The van der Waals surface area contributed by atoms with E-state index in [1.165, 1.54) is 43.2 Å². The number of imidazole rings is 1. The molecule has 25 heavy (non-hydrogen) atoms. The van der Waals surface area contributed by atoms with Crippen molar-refractivity contribution >= 4 is 34.4 Å². The molecule has 6 heteroatoms. The number of carbonyl (C=O) groups excluding carboxylic acids is 1. The Hall–Kier alpha value is -2.34. The van der Waals surface area contributed by atoms with Crippen LogP contribution in [-0.2, 0) is 4.79 Å². The van der Waals surface area contributed by atoms with Crippen LogP contribution < -0.4 is 5.32 Å². The van der Waals surface area contributed by atoms with Crippen LogP contribution in [0.1, 0.15) is 31.0 Å². The minimum atomic E-state index is -0.275. The molecule has 0 radical (unpaired) electrons. The Morgan fingerprint density at radius 3 is 2.76 bits per heavy atom. The number of benzene rings is 2. The molecule has 1 saturated carbocycles. The molecule has 2 aromatic carbocycles. The Kier molecular flexibility index (Phi) is 4.44. The summed E-state index contributed by atoms with van der Waals surface area (Å²) >= 11 is 1.38. The zero-order valence-electron chi connectivity index (χ0n) is 13.6. The van der Waals surface area contributed by atoms with Crippen molar-refractivity contribution in [2.45, 2.75) is 30.1 Å². The van der Waals surface area contributed by atoms with Gasteiger partial charge in [-0.05, 0) is 55.3 Å². The number of carbonyl (C=O) groups is 1. The monoisotopic (exact) mass is 355 g/mol. The largest absolute Gasteiger partial charge is 0.342 e. The van der Waals surface area contributed by atoms with E-state index in [0.29, 0.717) is 5.92 Å². The van der Waals surface area contributed by atoms with Crippen molar-refractivity contribution in [3.63, 3.8) is 0 Å². The zero-order valence-corrected chi connectivity index (χ0v) is 14.4. The van der Waals surface area contributed by atoms with E-state index in [2.05, 4.69) is 15.3 Å². The van der Waals surface area contributed by atoms with E-state index in [4.69, 9.17) is 0 Å². The number of hydrogen-bond acceptors (Lipinski definition) is 3. The molecule has 0 unspecified atom stereocenters. The second-order valence-electron chi connectivity index (χ2n) is 6.27. The molecule has 4 nitrogen and oxygen atoms in total. The highest BCUT2D eigenvalue weighted by Crippen LogP contribution is 2.35. The lowest BCUT2D eigenvalue weighted by molar-refractivity contribution is -0.113. The summed E-state index contributed by atoms with van der Waals surface area (Å²) in [5.41, 5.74) is 2.63. The van der Waals surface area contributed by atoms with Gasteiger partial charge < -0.3 is 10.3 Å². The van der Waals surface area contributed by atoms with E-state index >= 15 is 0 Å². The molecule has 3 aromatic rings. The van der Waals surface area contributed by atoms with Crippen LogP contribution in [0.4, 0.5) is 10.1 Å². The first-order valence-electron chi connectivity index (χ1n) is 8.35. The third kappa shape index (κ3) is 3.69. The third-order valence-corrected chi connectivity index (χ3v) is 5.47. The van der Waals surface area contributed by atoms with Crippen LogP contribution in [0.2, 0.25) is 0 Å². The second-order valence-corrected chi connectivity index (χ2v) is 7.32. The van der Waals surface area contributed by atoms with Crippen molar-refractivity contribution in [2.75, 3.05) is 11.1 Å². The Bertz CT molecular complexity index is 903. The molecule has 1 fully saturated rings. The van der Waals surface area contributed by atoms with Gasteiger partial charge in [-0.25, -0.2) is 9.37 Å². The molecular formula is C19H18FN3OS. The molecule has 0 spiro atoms. The zero-order chi connectivity index (χ0) is 17.2. The van der Waals surface area contributed by atoms with Gasteiger partial charge in [0.2, 0.25) is 5.91 Å². The number of thioether (sulfide) groups is 1. The highest BCUT2D eigenvalue weighted by Gasteiger charge is 2.22. The first kappa shape index (κ1) is 16.1. The maximum atomic E-state index is 12.9. The summed E-state index contributed by atoms with van der Waals surface area (Å²) in [5.74, 6) is 1.52. The van der Waals surface area contributed by atoms with Crippen molar-refractivity contribution in [1.29, 1.82) is 0 Å². The Morgan fingerprint density at radius 2 is 2.04 bits per heavy atom. The number of rotatable bonds is 5. The van der Waals surface area contributed by atoms with E-state index in [1.807, 2.05) is 18.2 Å². The molecule has 4 rings (SSSR count). The van der Waals surface area contributed by atoms with Gasteiger partial charge in [0.05, 0.1) is 16.8 Å². The highest BCUT2D eigenvalue weighted by molar-refractivity contribution is 8.00. The van der Waals surface area contributed by atoms with Gasteiger partial charge in [-0.15, -0.1) is 11.8 Å². The van der Waals surface area contributed by atoms with Gasteiger partial charge in [-0.1, -0.05) is 6.42 Å². The van der Waals surface area contributed by atoms with E-state index in [9.17, 15) is 9.18 Å². The fourth-order valence-corrected chi connectivity index (χ4v) is 3.56. The highest BCUT2D eigenvalue weighted by atomic mass is 32.2. The number of halogens is 1. The second kappa shape index (κ2) is 6.88. The van der Waals surface area contributed by atoms with Gasteiger partial charge in [0.15, 0.2) is 0 Å². The fourth-order valence-electron chi connectivity index (χ4n) is 2.86. The van der Waals surface area contributed by atoms with Crippen LogP contribution >= 0.6 is 11.8 Å². The molecule has 2 N–H and O–H groups in total. The number of nitrogens with zero attached hydrogens (tertiary/aromatic N) is 1. The van der Waals surface area contributed by atoms with E-state index < -0.39 is 0 Å². The van der Waals surface area contributed by atoms with Crippen molar-refractivity contribution in [1.82, 2.24) is 9.97 Å². The van der Waals surface area contributed by atoms with E-state index in [0.717, 1.165) is 27.4 Å². The first-order chi connectivity index (χ1) is 12.2. The maximum absolute atomic E-state index is 12.9. The number of H-pyrrole nitrogens is 1. The van der Waals surface area contributed by atoms with Gasteiger partial charge in [0.25, 0.3) is 0 Å². The average molecular weight is 355 g/mol. The minimum Gasteiger partial charge on any atom is -0.342 e. The minimum absolute atomic E-state index is 0.0904. The summed E-state index contributed by atoms with van der Waals surface area (Å²) in [4.78, 5) is 21.0. The lowest BCUT2D eigenvalue weighted by atomic mass is 9.85. The van der Waals surface area contributed by atoms with Crippen LogP contribution in [0.15, 0.2) is 47.4 Å². The normalized spacial score (nSPS) is 14.4. The van der Waals surface area contributed by atoms with Crippen molar-refractivity contribution in [3.05, 3.63) is 54.1 Å². The van der Waals surface area contributed by atoms with Crippen LogP contribution in [0.3, 0.4) is 0 Å². The topological polar surface area (TPSA) is 57.8 Å². The van der Waals surface area contributed by atoms with Crippen LogP contribution in [0, 0.1) is 5.82 Å². The lowest BCUT2D eigenvalue weighted by Crippen LogP contribution is -2.13. The fraction of sp³-hybridized carbons (Fsp3) is 0.263. The van der Waals surface area contributed by atoms with Crippen LogP contribution in [0.5, 0.6) is 0 Å². The van der Waals surface area contributed by atoms with Gasteiger partial charge in [-0.3, -0.25) is 4.79 Å². The lowest BCUT2D eigenvalue weighted by Gasteiger charge is -2.22. The number of hydrogen-bond donors (Lipinski definition) is 2. The predicted octanol–water partition coefficient (Wildman–Crippen LogP) is 4.70. The Labute approximate surface area is 149 Å². The van der Waals surface area contributed by atoms with E-state index in [-0.39, 0.29) is 17.5 Å². The van der Waals surface area contributed by atoms with Gasteiger partial charge in [0.1, 0.15) is 11.6 Å². The summed E-state index contributed by atoms with van der Waals surface area (Å²) in [6.45, 7) is 0. The van der Waals surface area contributed by atoms with Crippen molar-refractivity contribution in [2.24, 2.45) is 0 Å². The third-order valence-electron chi connectivity index (χ3n) is 4.46. The number of fused-ring (bicyclic) bond motifs is 1. The SMILES string of the molecule is O=C(CSc1ccc(F)cc1)Nc1ccc2nc(C3CCC3)[nH]c2c1. The van der Waals surface area contributed by atoms with Crippen LogP contribution in [0.25, 0.3) is 11.0 Å². The molecule has 1 aliphatic rings. The van der Waals surface area contributed by atoms with E-state index in [1.54, 1.807) is 12.1 Å².